The Labute approximate surface area is 123 Å². The van der Waals surface area contributed by atoms with Crippen molar-refractivity contribution in [1.82, 2.24) is 4.98 Å². The lowest BCUT2D eigenvalue weighted by atomic mass is 10.0. The molecule has 0 fully saturated rings. The SMILES string of the molecule is CCC(N)C(Sc1ccncc1)c1ccc(Cl)cc1. The van der Waals surface area contributed by atoms with Crippen molar-refractivity contribution >= 4 is 23.4 Å². The van der Waals surface area contributed by atoms with Crippen LogP contribution in [0.5, 0.6) is 0 Å². The van der Waals surface area contributed by atoms with Crippen LogP contribution in [0.3, 0.4) is 0 Å². The fourth-order valence-electron chi connectivity index (χ4n) is 1.83. The van der Waals surface area contributed by atoms with Crippen LogP contribution in [-0.2, 0) is 0 Å². The van der Waals surface area contributed by atoms with Crippen molar-refractivity contribution < 1.29 is 0 Å². The molecule has 2 atom stereocenters. The minimum absolute atomic E-state index is 0.111. The van der Waals surface area contributed by atoms with E-state index in [1.165, 1.54) is 10.5 Å². The topological polar surface area (TPSA) is 38.9 Å². The lowest BCUT2D eigenvalue weighted by Crippen LogP contribution is -2.25. The van der Waals surface area contributed by atoms with Gasteiger partial charge in [-0.05, 0) is 36.2 Å². The molecule has 2 N–H and O–H groups in total. The highest BCUT2D eigenvalue weighted by Crippen LogP contribution is 2.38. The van der Waals surface area contributed by atoms with Crippen molar-refractivity contribution in [3.8, 4) is 0 Å². The lowest BCUT2D eigenvalue weighted by Gasteiger charge is -2.23. The van der Waals surface area contributed by atoms with Crippen LogP contribution in [0, 0.1) is 0 Å². The Hall–Kier alpha value is -1.03. The number of thioether (sulfide) groups is 1. The Morgan fingerprint density at radius 2 is 1.79 bits per heavy atom. The van der Waals surface area contributed by atoms with Gasteiger partial charge in [-0.3, -0.25) is 4.98 Å². The van der Waals surface area contributed by atoms with Crippen molar-refractivity contribution in [2.24, 2.45) is 5.73 Å². The van der Waals surface area contributed by atoms with Gasteiger partial charge in [0, 0.05) is 33.6 Å². The molecule has 0 bridgehead atoms. The van der Waals surface area contributed by atoms with Crippen molar-refractivity contribution in [1.29, 1.82) is 0 Å². The molecule has 0 amide bonds. The molecular weight excluding hydrogens is 276 g/mol. The Balaban J connectivity index is 2.23. The van der Waals surface area contributed by atoms with E-state index in [9.17, 15) is 0 Å². The molecule has 0 aliphatic heterocycles. The molecular formula is C15H17ClN2S. The molecule has 0 radical (unpaired) electrons. The first-order chi connectivity index (χ1) is 9.20. The summed E-state index contributed by atoms with van der Waals surface area (Å²) in [6.45, 7) is 2.11. The molecule has 0 aliphatic carbocycles. The van der Waals surface area contributed by atoms with E-state index in [-0.39, 0.29) is 11.3 Å². The van der Waals surface area contributed by atoms with Crippen LogP contribution in [0.4, 0.5) is 0 Å². The molecule has 0 saturated carbocycles. The average molecular weight is 293 g/mol. The maximum Gasteiger partial charge on any atom is 0.0495 e. The highest BCUT2D eigenvalue weighted by molar-refractivity contribution is 7.99. The summed E-state index contributed by atoms with van der Waals surface area (Å²) in [4.78, 5) is 5.22. The predicted octanol–water partition coefficient (Wildman–Crippen LogP) is 4.31. The van der Waals surface area contributed by atoms with E-state index in [0.717, 1.165) is 11.4 Å². The van der Waals surface area contributed by atoms with E-state index in [4.69, 9.17) is 17.3 Å². The Kier molecular flexibility index (Phi) is 5.25. The molecule has 4 heteroatoms. The van der Waals surface area contributed by atoms with E-state index < -0.39 is 0 Å². The van der Waals surface area contributed by atoms with Gasteiger partial charge >= 0.3 is 0 Å². The van der Waals surface area contributed by atoms with Gasteiger partial charge in [-0.15, -0.1) is 11.8 Å². The van der Waals surface area contributed by atoms with Crippen molar-refractivity contribution in [3.05, 3.63) is 59.4 Å². The van der Waals surface area contributed by atoms with Crippen molar-refractivity contribution in [2.45, 2.75) is 29.5 Å². The van der Waals surface area contributed by atoms with Crippen LogP contribution in [0.2, 0.25) is 5.02 Å². The number of benzene rings is 1. The monoisotopic (exact) mass is 292 g/mol. The Morgan fingerprint density at radius 3 is 2.37 bits per heavy atom. The van der Waals surface area contributed by atoms with Gasteiger partial charge < -0.3 is 5.73 Å². The fourth-order valence-corrected chi connectivity index (χ4v) is 3.19. The predicted molar refractivity (Wildman–Crippen MR) is 82.6 cm³/mol. The zero-order chi connectivity index (χ0) is 13.7. The second kappa shape index (κ2) is 6.94. The summed E-state index contributed by atoms with van der Waals surface area (Å²) in [5, 5.41) is 0.978. The first-order valence-electron chi connectivity index (χ1n) is 6.28. The first kappa shape index (κ1) is 14.4. The largest absolute Gasteiger partial charge is 0.326 e. The molecule has 1 aromatic carbocycles. The zero-order valence-electron chi connectivity index (χ0n) is 10.8. The molecule has 1 heterocycles. The zero-order valence-corrected chi connectivity index (χ0v) is 12.4. The van der Waals surface area contributed by atoms with Crippen LogP contribution in [0.1, 0.15) is 24.2 Å². The molecule has 0 saturated heterocycles. The van der Waals surface area contributed by atoms with Gasteiger partial charge in [0.2, 0.25) is 0 Å². The molecule has 19 heavy (non-hydrogen) atoms. The van der Waals surface area contributed by atoms with E-state index >= 15 is 0 Å². The van der Waals surface area contributed by atoms with Crippen molar-refractivity contribution in [3.63, 3.8) is 0 Å². The Morgan fingerprint density at radius 1 is 1.16 bits per heavy atom. The smallest absolute Gasteiger partial charge is 0.0495 e. The van der Waals surface area contributed by atoms with E-state index in [0.29, 0.717) is 0 Å². The summed E-state index contributed by atoms with van der Waals surface area (Å²) >= 11 is 7.72. The van der Waals surface area contributed by atoms with Crippen molar-refractivity contribution in [2.75, 3.05) is 0 Å². The normalized spacial score (nSPS) is 14.1. The highest BCUT2D eigenvalue weighted by Gasteiger charge is 2.19. The average Bonchev–Trinajstić information content (AvgIpc) is 2.46. The van der Waals surface area contributed by atoms with Gasteiger partial charge in [0.05, 0.1) is 0 Å². The third-order valence-electron chi connectivity index (χ3n) is 2.97. The third-order valence-corrected chi connectivity index (χ3v) is 4.64. The van der Waals surface area contributed by atoms with Gasteiger partial charge in [-0.25, -0.2) is 0 Å². The molecule has 1 aromatic heterocycles. The molecule has 2 rings (SSSR count). The number of hydrogen-bond acceptors (Lipinski definition) is 3. The van der Waals surface area contributed by atoms with Gasteiger partial charge in [0.25, 0.3) is 0 Å². The maximum atomic E-state index is 6.27. The summed E-state index contributed by atoms with van der Waals surface area (Å²) in [6, 6.07) is 12.1. The molecule has 0 spiro atoms. The Bertz CT molecular complexity index is 501. The first-order valence-corrected chi connectivity index (χ1v) is 7.54. The van der Waals surface area contributed by atoms with Gasteiger partial charge in [0.1, 0.15) is 0 Å². The van der Waals surface area contributed by atoms with Crippen LogP contribution in [-0.4, -0.2) is 11.0 Å². The summed E-state index contributed by atoms with van der Waals surface area (Å²) < 4.78 is 0. The minimum atomic E-state index is 0.111. The number of rotatable bonds is 5. The minimum Gasteiger partial charge on any atom is -0.326 e. The fraction of sp³-hybridized carbons (Fsp3) is 0.267. The molecule has 2 aromatic rings. The second-order valence-corrected chi connectivity index (χ2v) is 6.00. The van der Waals surface area contributed by atoms with Gasteiger partial charge in [-0.1, -0.05) is 30.7 Å². The quantitative estimate of drug-likeness (QED) is 0.835. The van der Waals surface area contributed by atoms with Gasteiger partial charge in [0.15, 0.2) is 0 Å². The second-order valence-electron chi connectivity index (χ2n) is 4.35. The summed E-state index contributed by atoms with van der Waals surface area (Å²) in [7, 11) is 0. The maximum absolute atomic E-state index is 6.27. The number of pyridine rings is 1. The summed E-state index contributed by atoms with van der Waals surface area (Å²) in [5.74, 6) is 0. The van der Waals surface area contributed by atoms with Crippen LogP contribution in [0.15, 0.2) is 53.7 Å². The molecule has 2 nitrogen and oxygen atoms in total. The van der Waals surface area contributed by atoms with E-state index in [1.807, 2.05) is 24.3 Å². The third kappa shape index (κ3) is 3.96. The lowest BCUT2D eigenvalue weighted by molar-refractivity contribution is 0.634. The van der Waals surface area contributed by atoms with Crippen LogP contribution in [0.25, 0.3) is 0 Å². The van der Waals surface area contributed by atoms with E-state index in [2.05, 4.69) is 24.0 Å². The van der Waals surface area contributed by atoms with Gasteiger partial charge in [-0.2, -0.15) is 0 Å². The summed E-state index contributed by atoms with van der Waals surface area (Å²) in [5.41, 5.74) is 7.47. The molecule has 0 aliphatic rings. The highest BCUT2D eigenvalue weighted by atomic mass is 35.5. The van der Waals surface area contributed by atoms with Crippen LogP contribution >= 0.6 is 23.4 Å². The van der Waals surface area contributed by atoms with Crippen LogP contribution < -0.4 is 5.73 Å². The number of aromatic nitrogens is 1. The number of nitrogens with zero attached hydrogens (tertiary/aromatic N) is 1. The molecule has 100 valence electrons. The summed E-state index contributed by atoms with van der Waals surface area (Å²) in [6.07, 6.45) is 4.54. The number of halogens is 1. The number of hydrogen-bond donors (Lipinski definition) is 1. The molecule has 2 unspecified atom stereocenters. The standard InChI is InChI=1S/C15H17ClN2S/c1-2-14(17)15(11-3-5-12(16)6-4-11)19-13-7-9-18-10-8-13/h3-10,14-15H,2,17H2,1H3. The number of nitrogens with two attached hydrogens (primary N) is 1. The van der Waals surface area contributed by atoms with E-state index in [1.54, 1.807) is 24.2 Å².